The van der Waals surface area contributed by atoms with Crippen LogP contribution in [0.3, 0.4) is 0 Å². The predicted octanol–water partition coefficient (Wildman–Crippen LogP) is 21.4. The van der Waals surface area contributed by atoms with Crippen molar-refractivity contribution in [3.05, 3.63) is 24.3 Å². The van der Waals surface area contributed by atoms with Crippen LogP contribution in [0.25, 0.3) is 0 Å². The molecule has 0 bridgehead atoms. The van der Waals surface area contributed by atoms with E-state index in [1.54, 1.807) is 0 Å². The number of esters is 1. The number of aliphatic hydroxyl groups is 2. The predicted molar refractivity (Wildman–Crippen MR) is 324 cm³/mol. The van der Waals surface area contributed by atoms with E-state index in [4.69, 9.17) is 4.74 Å². The van der Waals surface area contributed by atoms with E-state index >= 15 is 0 Å². The summed E-state index contributed by atoms with van der Waals surface area (Å²) in [5.41, 5.74) is 0. The fraction of sp³-hybridized carbons (Fsp3) is 0.912. The normalized spacial score (nSPS) is 12.6. The van der Waals surface area contributed by atoms with E-state index in [2.05, 4.69) is 43.5 Å². The number of unbranched alkanes of at least 4 members (excludes halogenated alkanes) is 48. The van der Waals surface area contributed by atoms with E-state index in [0.29, 0.717) is 25.9 Å². The highest BCUT2D eigenvalue weighted by Crippen LogP contribution is 2.18. The lowest BCUT2D eigenvalue weighted by molar-refractivity contribution is -0.143. The number of carbonyl (C=O) groups excluding carboxylic acids is 2. The van der Waals surface area contributed by atoms with Crippen molar-refractivity contribution >= 4 is 11.9 Å². The number of hydrogen-bond donors (Lipinski definition) is 3. The van der Waals surface area contributed by atoms with Crippen molar-refractivity contribution in [2.75, 3.05) is 13.2 Å². The Morgan fingerprint density at radius 2 is 0.635 bits per heavy atom. The number of aliphatic hydroxyl groups excluding tert-OH is 2. The number of nitrogens with one attached hydrogen (secondary N) is 1. The van der Waals surface area contributed by atoms with Gasteiger partial charge in [0.05, 0.1) is 25.4 Å². The van der Waals surface area contributed by atoms with Crippen LogP contribution in [0.1, 0.15) is 373 Å². The molecular weight excluding hydrogens is 911 g/mol. The summed E-state index contributed by atoms with van der Waals surface area (Å²) in [5, 5.41) is 23.4. The smallest absolute Gasteiger partial charge is 0.305 e. The van der Waals surface area contributed by atoms with Crippen LogP contribution in [-0.2, 0) is 14.3 Å². The van der Waals surface area contributed by atoms with Crippen LogP contribution in [0, 0.1) is 0 Å². The second kappa shape index (κ2) is 63.9. The van der Waals surface area contributed by atoms with Gasteiger partial charge in [-0.1, -0.05) is 308 Å². The lowest BCUT2D eigenvalue weighted by Crippen LogP contribution is -2.45. The number of rotatable bonds is 63. The Balaban J connectivity index is 3.42. The molecule has 0 rings (SSSR count). The third kappa shape index (κ3) is 59.6. The Morgan fingerprint density at radius 1 is 0.365 bits per heavy atom. The van der Waals surface area contributed by atoms with Crippen molar-refractivity contribution in [1.82, 2.24) is 5.32 Å². The van der Waals surface area contributed by atoms with Gasteiger partial charge in [0.2, 0.25) is 5.91 Å². The first-order chi connectivity index (χ1) is 36.5. The van der Waals surface area contributed by atoms with E-state index in [9.17, 15) is 19.8 Å². The van der Waals surface area contributed by atoms with Crippen LogP contribution in [0.4, 0.5) is 0 Å². The minimum absolute atomic E-state index is 0.00443. The minimum atomic E-state index is -0.671. The first-order valence-corrected chi connectivity index (χ1v) is 33.6. The summed E-state index contributed by atoms with van der Waals surface area (Å²) in [7, 11) is 0. The average molecular weight is 1040 g/mol. The van der Waals surface area contributed by atoms with E-state index < -0.39 is 12.1 Å². The highest BCUT2D eigenvalue weighted by Gasteiger charge is 2.20. The fourth-order valence-corrected chi connectivity index (χ4v) is 10.6. The lowest BCUT2D eigenvalue weighted by Gasteiger charge is -2.22. The Hall–Kier alpha value is -1.66. The molecule has 0 saturated carbocycles. The van der Waals surface area contributed by atoms with Gasteiger partial charge in [-0.3, -0.25) is 9.59 Å². The molecule has 0 aliphatic heterocycles. The van der Waals surface area contributed by atoms with Crippen molar-refractivity contribution in [1.29, 1.82) is 0 Å². The average Bonchev–Trinajstić information content (AvgIpc) is 3.40. The van der Waals surface area contributed by atoms with Crippen molar-refractivity contribution in [2.24, 2.45) is 0 Å². The molecule has 0 heterocycles. The van der Waals surface area contributed by atoms with Crippen LogP contribution in [-0.4, -0.2) is 47.4 Å². The van der Waals surface area contributed by atoms with Crippen LogP contribution < -0.4 is 5.32 Å². The van der Waals surface area contributed by atoms with Crippen molar-refractivity contribution in [3.8, 4) is 0 Å². The molecule has 3 N–H and O–H groups in total. The van der Waals surface area contributed by atoms with E-state index in [-0.39, 0.29) is 18.5 Å². The molecule has 2 unspecified atom stereocenters. The fourth-order valence-electron chi connectivity index (χ4n) is 10.6. The molecule has 0 radical (unpaired) electrons. The van der Waals surface area contributed by atoms with Gasteiger partial charge in [-0.2, -0.15) is 0 Å². The summed E-state index contributed by atoms with van der Waals surface area (Å²) in [6.45, 7) is 4.97. The third-order valence-electron chi connectivity index (χ3n) is 15.7. The van der Waals surface area contributed by atoms with Gasteiger partial charge in [0, 0.05) is 12.8 Å². The summed E-state index contributed by atoms with van der Waals surface area (Å²) in [6.07, 6.45) is 79.1. The molecule has 0 aromatic carbocycles. The molecule has 74 heavy (non-hydrogen) atoms. The zero-order valence-electron chi connectivity index (χ0n) is 50.1. The van der Waals surface area contributed by atoms with Gasteiger partial charge in [-0.25, -0.2) is 0 Å². The van der Waals surface area contributed by atoms with Crippen molar-refractivity contribution in [2.45, 2.75) is 386 Å². The van der Waals surface area contributed by atoms with Gasteiger partial charge >= 0.3 is 5.97 Å². The van der Waals surface area contributed by atoms with E-state index in [0.717, 1.165) is 44.9 Å². The van der Waals surface area contributed by atoms with Gasteiger partial charge in [0.15, 0.2) is 0 Å². The monoisotopic (exact) mass is 1040 g/mol. The third-order valence-corrected chi connectivity index (χ3v) is 15.7. The summed E-state index contributed by atoms with van der Waals surface area (Å²) >= 11 is 0. The second-order valence-electron chi connectivity index (χ2n) is 23.1. The van der Waals surface area contributed by atoms with Gasteiger partial charge in [0.1, 0.15) is 0 Å². The maximum Gasteiger partial charge on any atom is 0.305 e. The topological polar surface area (TPSA) is 95.9 Å². The summed E-state index contributed by atoms with van der Waals surface area (Å²) in [5.74, 6) is -0.0368. The minimum Gasteiger partial charge on any atom is -0.466 e. The molecule has 0 spiro atoms. The number of carbonyl (C=O) groups is 2. The van der Waals surface area contributed by atoms with Gasteiger partial charge in [-0.05, 0) is 77.0 Å². The van der Waals surface area contributed by atoms with Crippen LogP contribution in [0.2, 0.25) is 0 Å². The quantitative estimate of drug-likeness (QED) is 0.0320. The molecule has 0 aliphatic carbocycles. The van der Waals surface area contributed by atoms with Gasteiger partial charge in [-0.15, -0.1) is 0 Å². The molecule has 6 heteroatoms. The molecule has 1 amide bonds. The molecule has 6 nitrogen and oxygen atoms in total. The first-order valence-electron chi connectivity index (χ1n) is 33.6. The molecule has 438 valence electrons. The molecular formula is C68H131NO5. The van der Waals surface area contributed by atoms with E-state index in [1.807, 2.05) is 0 Å². The van der Waals surface area contributed by atoms with Crippen LogP contribution in [0.5, 0.6) is 0 Å². The Bertz CT molecular complexity index is 1150. The number of allylic oxidation sites excluding steroid dienone is 4. The highest BCUT2D eigenvalue weighted by atomic mass is 16.5. The largest absolute Gasteiger partial charge is 0.466 e. The SMILES string of the molecule is CCCCCCCC/C=C\CCCCCCCCCCCC(=O)OCCCCCCCCCC/C=C\CCCCCCCCCC(=O)NC(CO)C(O)CCCCCCCCCCCCCCCCCCCCC. The molecule has 0 aliphatic rings. The maximum atomic E-state index is 12.5. The molecule has 0 fully saturated rings. The Morgan fingerprint density at radius 3 is 0.959 bits per heavy atom. The Kier molecular flexibility index (Phi) is 62.4. The van der Waals surface area contributed by atoms with Gasteiger partial charge < -0.3 is 20.3 Å². The van der Waals surface area contributed by atoms with Gasteiger partial charge in [0.25, 0.3) is 0 Å². The van der Waals surface area contributed by atoms with Crippen molar-refractivity contribution < 1.29 is 24.5 Å². The zero-order chi connectivity index (χ0) is 53.6. The molecule has 2 atom stereocenters. The molecule has 0 aromatic rings. The van der Waals surface area contributed by atoms with Crippen molar-refractivity contribution in [3.63, 3.8) is 0 Å². The van der Waals surface area contributed by atoms with Crippen LogP contribution >= 0.6 is 0 Å². The highest BCUT2D eigenvalue weighted by molar-refractivity contribution is 5.76. The first kappa shape index (κ1) is 72.3. The summed E-state index contributed by atoms with van der Waals surface area (Å²) < 4.78 is 5.50. The standard InChI is InChI=1S/C68H131NO5/c1-3-5-7-9-11-13-15-17-19-21-24-28-32-36-40-44-48-52-56-60-66(71)65(64-70)69-67(72)61-57-53-49-45-41-37-33-29-26-23-27-31-35-39-43-47-51-55-59-63-74-68(73)62-58-54-50-46-42-38-34-30-25-22-20-18-16-14-12-10-8-6-4-2/h18,20,23,26,65-66,70-71H,3-17,19,21-22,24-25,27-64H2,1-2H3,(H,69,72)/b20-18-,26-23-. The summed E-state index contributed by atoms with van der Waals surface area (Å²) in [6, 6.07) is -0.549. The summed E-state index contributed by atoms with van der Waals surface area (Å²) in [4.78, 5) is 24.6. The molecule has 0 aromatic heterocycles. The number of hydrogen-bond acceptors (Lipinski definition) is 5. The lowest BCUT2D eigenvalue weighted by atomic mass is 10.0. The Labute approximate surface area is 462 Å². The van der Waals surface area contributed by atoms with E-state index in [1.165, 1.54) is 295 Å². The van der Waals surface area contributed by atoms with Crippen LogP contribution in [0.15, 0.2) is 24.3 Å². The number of amides is 1. The number of ether oxygens (including phenoxy) is 1. The zero-order valence-corrected chi connectivity index (χ0v) is 50.1. The molecule has 0 saturated heterocycles. The maximum absolute atomic E-state index is 12.5. The second-order valence-corrected chi connectivity index (χ2v) is 23.1.